The Hall–Kier alpha value is -2.34. The van der Waals surface area contributed by atoms with E-state index >= 15 is 0 Å². The van der Waals surface area contributed by atoms with Crippen molar-refractivity contribution >= 4 is 46.0 Å². The lowest BCUT2D eigenvalue weighted by atomic mass is 10.2. The molecule has 0 radical (unpaired) electrons. The Morgan fingerprint density at radius 3 is 2.38 bits per heavy atom. The average Bonchev–Trinajstić information content (AvgIpc) is 3.07. The number of aromatic nitrogens is 4. The smallest absolute Gasteiger partial charge is 0.173 e. The van der Waals surface area contributed by atoms with Gasteiger partial charge >= 0.3 is 0 Å². The molecular weight excluding hydrogens is 393 g/mol. The number of hydrogen-bond donors (Lipinski definition) is 2. The van der Waals surface area contributed by atoms with Crippen LogP contribution in [0.15, 0.2) is 48.8 Å². The fourth-order valence-corrected chi connectivity index (χ4v) is 3.48. The summed E-state index contributed by atoms with van der Waals surface area (Å²) >= 11 is 18.8. The Morgan fingerprint density at radius 1 is 0.962 bits per heavy atom. The summed E-state index contributed by atoms with van der Waals surface area (Å²) in [4.78, 5) is 11.9. The Kier molecular flexibility index (Phi) is 4.44. The minimum Gasteiger partial charge on any atom is -0.333 e. The van der Waals surface area contributed by atoms with Gasteiger partial charge in [-0.15, -0.1) is 0 Å². The first-order valence-corrected chi connectivity index (χ1v) is 8.85. The second-order valence-corrected chi connectivity index (χ2v) is 6.91. The molecule has 0 aliphatic heterocycles. The van der Waals surface area contributed by atoms with Gasteiger partial charge in [0.25, 0.3) is 0 Å². The van der Waals surface area contributed by atoms with Crippen LogP contribution >= 0.6 is 34.8 Å². The van der Waals surface area contributed by atoms with E-state index in [4.69, 9.17) is 40.2 Å². The molecule has 0 aliphatic rings. The molecule has 0 unspecified atom stereocenters. The normalized spacial score (nSPS) is 11.2. The van der Waals surface area contributed by atoms with Crippen LogP contribution in [0.25, 0.3) is 22.6 Å². The number of benzene rings is 2. The van der Waals surface area contributed by atoms with Gasteiger partial charge in [-0.05, 0) is 24.3 Å². The van der Waals surface area contributed by atoms with E-state index in [2.05, 4.69) is 15.0 Å². The molecule has 2 aromatic heterocycles. The van der Waals surface area contributed by atoms with E-state index in [0.717, 1.165) is 11.1 Å². The highest BCUT2D eigenvalue weighted by atomic mass is 35.5. The Balaban J connectivity index is 1.88. The zero-order valence-electron chi connectivity index (χ0n) is 13.3. The highest BCUT2D eigenvalue weighted by Gasteiger charge is 2.14. The van der Waals surface area contributed by atoms with Crippen molar-refractivity contribution in [3.63, 3.8) is 0 Å². The maximum absolute atomic E-state index is 8.07. The third-order valence-electron chi connectivity index (χ3n) is 4.04. The molecular formula is C18H12Cl3N5. The van der Waals surface area contributed by atoms with Gasteiger partial charge in [-0.2, -0.15) is 0 Å². The van der Waals surface area contributed by atoms with Crippen molar-refractivity contribution in [2.45, 2.75) is 6.54 Å². The molecule has 4 aromatic rings. The monoisotopic (exact) mass is 403 g/mol. The fraction of sp³-hybridized carbons (Fsp3) is 0.0556. The molecule has 0 amide bonds. The van der Waals surface area contributed by atoms with Gasteiger partial charge in [-0.1, -0.05) is 53.0 Å². The van der Waals surface area contributed by atoms with Gasteiger partial charge < -0.3 is 9.55 Å². The van der Waals surface area contributed by atoms with Crippen molar-refractivity contribution in [3.05, 3.63) is 74.9 Å². The van der Waals surface area contributed by atoms with E-state index in [9.17, 15) is 0 Å². The maximum atomic E-state index is 8.07. The standard InChI is InChI=1S/C18H12Cl3N5/c19-12-5-2-1-4-10(12)17-24-15-16(22)23-9-26(18(15)25-17)8-11-13(20)6-3-7-14(11)21/h1-7,9,22H,8H2,(H,24,25). The summed E-state index contributed by atoms with van der Waals surface area (Å²) in [6, 6.07) is 12.8. The largest absolute Gasteiger partial charge is 0.333 e. The highest BCUT2D eigenvalue weighted by molar-refractivity contribution is 6.36. The second kappa shape index (κ2) is 6.76. The molecule has 0 saturated heterocycles. The van der Waals surface area contributed by atoms with Gasteiger partial charge in [0.15, 0.2) is 11.1 Å². The predicted molar refractivity (Wildman–Crippen MR) is 104 cm³/mol. The van der Waals surface area contributed by atoms with Gasteiger partial charge in [-0.25, -0.2) is 9.97 Å². The molecule has 0 saturated carbocycles. The lowest BCUT2D eigenvalue weighted by Gasteiger charge is -2.10. The van der Waals surface area contributed by atoms with Crippen molar-refractivity contribution in [2.24, 2.45) is 0 Å². The van der Waals surface area contributed by atoms with E-state index in [0.29, 0.717) is 38.6 Å². The summed E-state index contributed by atoms with van der Waals surface area (Å²) < 4.78 is 1.80. The summed E-state index contributed by atoms with van der Waals surface area (Å²) in [5, 5.41) is 9.78. The van der Waals surface area contributed by atoms with Crippen molar-refractivity contribution < 1.29 is 0 Å². The van der Waals surface area contributed by atoms with E-state index in [-0.39, 0.29) is 5.49 Å². The molecule has 0 bridgehead atoms. The summed E-state index contributed by atoms with van der Waals surface area (Å²) in [6.45, 7) is 0.384. The molecule has 2 aromatic carbocycles. The van der Waals surface area contributed by atoms with Crippen molar-refractivity contribution in [3.8, 4) is 11.4 Å². The molecule has 5 nitrogen and oxygen atoms in total. The number of H-pyrrole nitrogens is 1. The summed E-state index contributed by atoms with van der Waals surface area (Å²) in [5.41, 5.74) is 2.73. The van der Waals surface area contributed by atoms with Crippen LogP contribution in [0.3, 0.4) is 0 Å². The average molecular weight is 405 g/mol. The summed E-state index contributed by atoms with van der Waals surface area (Å²) in [7, 11) is 0. The van der Waals surface area contributed by atoms with Crippen LogP contribution in [0.5, 0.6) is 0 Å². The van der Waals surface area contributed by atoms with Gasteiger partial charge in [0.05, 0.1) is 17.9 Å². The van der Waals surface area contributed by atoms with Crippen molar-refractivity contribution in [1.82, 2.24) is 19.5 Å². The Labute approximate surface area is 163 Å². The van der Waals surface area contributed by atoms with Crippen LogP contribution in [-0.2, 0) is 6.54 Å². The van der Waals surface area contributed by atoms with Gasteiger partial charge in [0.1, 0.15) is 11.3 Å². The van der Waals surface area contributed by atoms with Crippen LogP contribution in [-0.4, -0.2) is 19.5 Å². The first kappa shape index (κ1) is 17.1. The molecule has 0 fully saturated rings. The fourth-order valence-electron chi connectivity index (χ4n) is 2.73. The third kappa shape index (κ3) is 2.98. The number of hydrogen-bond acceptors (Lipinski definition) is 3. The Morgan fingerprint density at radius 2 is 1.65 bits per heavy atom. The Bertz CT molecular complexity index is 1160. The number of rotatable bonds is 3. The minimum absolute atomic E-state index is 0.104. The molecule has 0 aliphatic carbocycles. The molecule has 0 atom stereocenters. The van der Waals surface area contributed by atoms with Crippen molar-refractivity contribution in [1.29, 1.82) is 5.41 Å². The number of nitrogens with one attached hydrogen (secondary N) is 2. The van der Waals surface area contributed by atoms with Crippen LogP contribution in [0, 0.1) is 5.41 Å². The highest BCUT2D eigenvalue weighted by Crippen LogP contribution is 2.28. The third-order valence-corrected chi connectivity index (χ3v) is 5.08. The van der Waals surface area contributed by atoms with E-state index in [1.165, 1.54) is 0 Å². The number of aromatic amines is 1. The molecule has 26 heavy (non-hydrogen) atoms. The lowest BCUT2D eigenvalue weighted by molar-refractivity contribution is 0.784. The number of halogens is 3. The first-order valence-electron chi connectivity index (χ1n) is 7.72. The number of imidazole rings is 1. The van der Waals surface area contributed by atoms with Gasteiger partial charge in [0, 0.05) is 21.2 Å². The predicted octanol–water partition coefficient (Wildman–Crippen LogP) is 4.91. The van der Waals surface area contributed by atoms with Gasteiger partial charge in [0.2, 0.25) is 0 Å². The van der Waals surface area contributed by atoms with E-state index in [1.54, 1.807) is 35.2 Å². The second-order valence-electron chi connectivity index (χ2n) is 5.69. The molecule has 130 valence electrons. The van der Waals surface area contributed by atoms with Crippen LogP contribution < -0.4 is 5.49 Å². The molecule has 2 N–H and O–H groups in total. The lowest BCUT2D eigenvalue weighted by Crippen LogP contribution is -2.13. The quantitative estimate of drug-likeness (QED) is 0.509. The topological polar surface area (TPSA) is 70.3 Å². The van der Waals surface area contributed by atoms with Crippen LogP contribution in [0.4, 0.5) is 0 Å². The zero-order valence-corrected chi connectivity index (χ0v) is 15.6. The SMILES string of the molecule is N=c1ncn(Cc2c(Cl)cccc2Cl)c2nc(-c3ccccc3Cl)[nH]c12. The van der Waals surface area contributed by atoms with E-state index in [1.807, 2.05) is 18.2 Å². The molecule has 8 heteroatoms. The first-order chi connectivity index (χ1) is 12.5. The molecule has 2 heterocycles. The van der Waals surface area contributed by atoms with E-state index < -0.39 is 0 Å². The van der Waals surface area contributed by atoms with Crippen LogP contribution in [0.2, 0.25) is 15.1 Å². The summed E-state index contributed by atoms with van der Waals surface area (Å²) in [5.74, 6) is 0.575. The number of fused-ring (bicyclic) bond motifs is 1. The number of nitrogens with zero attached hydrogens (tertiary/aromatic N) is 3. The molecule has 4 rings (SSSR count). The van der Waals surface area contributed by atoms with Crippen molar-refractivity contribution in [2.75, 3.05) is 0 Å². The van der Waals surface area contributed by atoms with Gasteiger partial charge in [-0.3, -0.25) is 5.41 Å². The summed E-state index contributed by atoms with van der Waals surface area (Å²) in [6.07, 6.45) is 1.56. The maximum Gasteiger partial charge on any atom is 0.173 e. The molecule has 0 spiro atoms. The zero-order chi connectivity index (χ0) is 18.3. The minimum atomic E-state index is 0.104. The van der Waals surface area contributed by atoms with Crippen LogP contribution in [0.1, 0.15) is 5.56 Å².